The predicted molar refractivity (Wildman–Crippen MR) is 67.9 cm³/mol. The molecule has 0 aliphatic carbocycles. The lowest BCUT2D eigenvalue weighted by molar-refractivity contribution is 0.597. The summed E-state index contributed by atoms with van der Waals surface area (Å²) in [5.41, 5.74) is 1.04. The third kappa shape index (κ3) is 3.22. The SMILES string of the molecule is CCS(=O)(=O)c1cccc(C(C)CCCl)c1. The fourth-order valence-corrected chi connectivity index (χ4v) is 2.77. The zero-order chi connectivity index (χ0) is 12.2. The van der Waals surface area contributed by atoms with Crippen molar-refractivity contribution in [3.8, 4) is 0 Å². The maximum Gasteiger partial charge on any atom is 0.178 e. The monoisotopic (exact) mass is 260 g/mol. The van der Waals surface area contributed by atoms with Gasteiger partial charge < -0.3 is 0 Å². The van der Waals surface area contributed by atoms with E-state index >= 15 is 0 Å². The summed E-state index contributed by atoms with van der Waals surface area (Å²) in [5.74, 6) is 1.02. The molecule has 0 fully saturated rings. The first-order chi connectivity index (χ1) is 7.51. The second-order valence-electron chi connectivity index (χ2n) is 3.85. The Kier molecular flexibility index (Phi) is 4.81. The van der Waals surface area contributed by atoms with Gasteiger partial charge in [0.2, 0.25) is 0 Å². The van der Waals surface area contributed by atoms with Gasteiger partial charge >= 0.3 is 0 Å². The highest BCUT2D eigenvalue weighted by Crippen LogP contribution is 2.22. The molecule has 16 heavy (non-hydrogen) atoms. The highest BCUT2D eigenvalue weighted by atomic mass is 35.5. The Bertz CT molecular complexity index is 440. The van der Waals surface area contributed by atoms with E-state index in [4.69, 9.17) is 11.6 Å². The van der Waals surface area contributed by atoms with Crippen LogP contribution in [0.15, 0.2) is 29.2 Å². The van der Waals surface area contributed by atoms with Gasteiger partial charge in [-0.1, -0.05) is 26.0 Å². The average Bonchev–Trinajstić information content (AvgIpc) is 2.29. The molecule has 2 nitrogen and oxygen atoms in total. The molecule has 90 valence electrons. The van der Waals surface area contributed by atoms with E-state index in [1.807, 2.05) is 6.07 Å². The van der Waals surface area contributed by atoms with E-state index in [9.17, 15) is 8.42 Å². The van der Waals surface area contributed by atoms with Crippen LogP contribution in [0.2, 0.25) is 0 Å². The smallest absolute Gasteiger partial charge is 0.178 e. The van der Waals surface area contributed by atoms with Crippen LogP contribution in [0.4, 0.5) is 0 Å². The number of alkyl halides is 1. The standard InChI is InChI=1S/C12H17ClO2S/c1-3-16(14,15)12-6-4-5-11(9-12)10(2)7-8-13/h4-6,9-10H,3,7-8H2,1-2H3. The highest BCUT2D eigenvalue weighted by molar-refractivity contribution is 7.91. The molecule has 0 aliphatic rings. The topological polar surface area (TPSA) is 34.1 Å². The van der Waals surface area contributed by atoms with E-state index in [-0.39, 0.29) is 5.75 Å². The summed E-state index contributed by atoms with van der Waals surface area (Å²) in [6.07, 6.45) is 0.858. The lowest BCUT2D eigenvalue weighted by Crippen LogP contribution is -2.05. The Balaban J connectivity index is 3.05. The van der Waals surface area contributed by atoms with E-state index in [0.29, 0.717) is 16.7 Å². The van der Waals surface area contributed by atoms with Crippen molar-refractivity contribution in [1.29, 1.82) is 0 Å². The molecule has 1 rings (SSSR count). The van der Waals surface area contributed by atoms with Crippen LogP contribution in [0.3, 0.4) is 0 Å². The van der Waals surface area contributed by atoms with Gasteiger partial charge in [-0.3, -0.25) is 0 Å². The molecule has 0 aliphatic heterocycles. The Morgan fingerprint density at radius 1 is 1.38 bits per heavy atom. The molecular weight excluding hydrogens is 244 g/mol. The maximum absolute atomic E-state index is 11.7. The maximum atomic E-state index is 11.7. The molecule has 0 aromatic heterocycles. The molecule has 0 amide bonds. The molecule has 0 N–H and O–H groups in total. The first-order valence-electron chi connectivity index (χ1n) is 5.40. The van der Waals surface area contributed by atoms with E-state index in [2.05, 4.69) is 6.92 Å². The van der Waals surface area contributed by atoms with Gasteiger partial charge in [0.25, 0.3) is 0 Å². The molecule has 4 heteroatoms. The number of rotatable bonds is 5. The molecule has 0 saturated carbocycles. The molecule has 1 atom stereocenters. The van der Waals surface area contributed by atoms with E-state index in [1.165, 1.54) is 0 Å². The molecule has 0 heterocycles. The highest BCUT2D eigenvalue weighted by Gasteiger charge is 2.13. The zero-order valence-electron chi connectivity index (χ0n) is 9.61. The zero-order valence-corrected chi connectivity index (χ0v) is 11.2. The van der Waals surface area contributed by atoms with Crippen molar-refractivity contribution < 1.29 is 8.42 Å². The summed E-state index contributed by atoms with van der Waals surface area (Å²) in [7, 11) is -3.10. The van der Waals surface area contributed by atoms with Crippen LogP contribution in [0.25, 0.3) is 0 Å². The first kappa shape index (κ1) is 13.5. The number of sulfone groups is 1. The average molecular weight is 261 g/mol. The van der Waals surface area contributed by atoms with Gasteiger partial charge in [0.05, 0.1) is 10.6 Å². The van der Waals surface area contributed by atoms with Gasteiger partial charge in [-0.05, 0) is 30.0 Å². The summed E-state index contributed by atoms with van der Waals surface area (Å²) >= 11 is 5.69. The van der Waals surface area contributed by atoms with Crippen LogP contribution >= 0.6 is 11.6 Å². The van der Waals surface area contributed by atoms with Gasteiger partial charge in [0.15, 0.2) is 9.84 Å². The van der Waals surface area contributed by atoms with Gasteiger partial charge in [-0.25, -0.2) is 8.42 Å². The van der Waals surface area contributed by atoms with Gasteiger partial charge in [0.1, 0.15) is 0 Å². The van der Waals surface area contributed by atoms with Gasteiger partial charge in [-0.15, -0.1) is 11.6 Å². The molecule has 0 radical (unpaired) electrons. The minimum atomic E-state index is -3.10. The molecular formula is C12H17ClO2S. The van der Waals surface area contributed by atoms with Crippen LogP contribution in [0.1, 0.15) is 31.7 Å². The molecule has 1 aromatic rings. The Hall–Kier alpha value is -0.540. The molecule has 0 saturated heterocycles. The first-order valence-corrected chi connectivity index (χ1v) is 7.58. The van der Waals surface area contributed by atoms with Crippen molar-refractivity contribution in [2.24, 2.45) is 0 Å². The van der Waals surface area contributed by atoms with E-state index < -0.39 is 9.84 Å². The predicted octanol–water partition coefficient (Wildman–Crippen LogP) is 3.21. The van der Waals surface area contributed by atoms with Crippen molar-refractivity contribution in [3.63, 3.8) is 0 Å². The minimum Gasteiger partial charge on any atom is -0.224 e. The van der Waals surface area contributed by atoms with Crippen molar-refractivity contribution in [3.05, 3.63) is 29.8 Å². The molecule has 1 aromatic carbocycles. The number of halogens is 1. The van der Waals surface area contributed by atoms with Crippen molar-refractivity contribution in [1.82, 2.24) is 0 Å². The fourth-order valence-electron chi connectivity index (χ4n) is 1.51. The van der Waals surface area contributed by atoms with Crippen LogP contribution < -0.4 is 0 Å². The lowest BCUT2D eigenvalue weighted by Gasteiger charge is -2.11. The van der Waals surface area contributed by atoms with Gasteiger partial charge in [0, 0.05) is 5.88 Å². The third-order valence-electron chi connectivity index (χ3n) is 2.71. The number of hydrogen-bond acceptors (Lipinski definition) is 2. The quantitative estimate of drug-likeness (QED) is 0.762. The Morgan fingerprint density at radius 2 is 2.06 bits per heavy atom. The van der Waals surface area contributed by atoms with Crippen LogP contribution in [-0.4, -0.2) is 20.1 Å². The third-order valence-corrected chi connectivity index (χ3v) is 4.66. The van der Waals surface area contributed by atoms with E-state index in [1.54, 1.807) is 25.1 Å². The lowest BCUT2D eigenvalue weighted by atomic mass is 9.99. The Labute approximate surface area is 103 Å². The summed E-state index contributed by atoms with van der Waals surface area (Å²) in [6.45, 7) is 3.71. The second kappa shape index (κ2) is 5.69. The van der Waals surface area contributed by atoms with Crippen LogP contribution in [-0.2, 0) is 9.84 Å². The van der Waals surface area contributed by atoms with Crippen LogP contribution in [0, 0.1) is 0 Å². The van der Waals surface area contributed by atoms with Gasteiger partial charge in [-0.2, -0.15) is 0 Å². The van der Waals surface area contributed by atoms with Crippen molar-refractivity contribution in [2.45, 2.75) is 31.1 Å². The van der Waals surface area contributed by atoms with Crippen molar-refractivity contribution >= 4 is 21.4 Å². The largest absolute Gasteiger partial charge is 0.224 e. The van der Waals surface area contributed by atoms with E-state index in [0.717, 1.165) is 12.0 Å². The summed E-state index contributed by atoms with van der Waals surface area (Å²) in [4.78, 5) is 0.411. The minimum absolute atomic E-state index is 0.139. The summed E-state index contributed by atoms with van der Waals surface area (Å²) < 4.78 is 23.4. The van der Waals surface area contributed by atoms with Crippen molar-refractivity contribution in [2.75, 3.05) is 11.6 Å². The molecule has 1 unspecified atom stereocenters. The summed E-state index contributed by atoms with van der Waals surface area (Å²) in [6, 6.07) is 7.15. The Morgan fingerprint density at radius 3 is 2.62 bits per heavy atom. The van der Waals surface area contributed by atoms with Crippen LogP contribution in [0.5, 0.6) is 0 Å². The number of benzene rings is 1. The normalized spacial score (nSPS) is 13.7. The fraction of sp³-hybridized carbons (Fsp3) is 0.500. The number of hydrogen-bond donors (Lipinski definition) is 0. The second-order valence-corrected chi connectivity index (χ2v) is 6.51. The molecule has 0 spiro atoms. The molecule has 0 bridgehead atoms. The summed E-state index contributed by atoms with van der Waals surface area (Å²) in [5, 5.41) is 0.